The van der Waals surface area contributed by atoms with E-state index in [0.717, 1.165) is 4.68 Å². The predicted octanol–water partition coefficient (Wildman–Crippen LogP) is 0.0956. The molecule has 0 aliphatic heterocycles. The van der Waals surface area contributed by atoms with Crippen molar-refractivity contribution >= 4 is 29.1 Å². The number of rotatable bonds is 1. The van der Waals surface area contributed by atoms with E-state index in [1.54, 1.807) is 18.2 Å². The normalized spacial score (nSPS) is 10.2. The minimum absolute atomic E-state index is 0.225. The molecule has 82 valence electrons. The highest BCUT2D eigenvalue weighted by atomic mass is 32.1. The molecule has 5 N–H and O–H groups in total. The Kier molecular flexibility index (Phi) is 2.45. The quantitative estimate of drug-likeness (QED) is 0.370. The van der Waals surface area contributed by atoms with Crippen molar-refractivity contribution in [2.45, 2.75) is 0 Å². The molecule has 1 aromatic heterocycles. The first kappa shape index (κ1) is 10.4. The molecule has 2 rings (SSSR count). The number of H-pyrrole nitrogens is 1. The Morgan fingerprint density at radius 3 is 2.75 bits per heavy atom. The molecule has 2 aromatic rings. The third kappa shape index (κ3) is 1.68. The van der Waals surface area contributed by atoms with Crippen LogP contribution in [0.4, 0.5) is 0 Å². The van der Waals surface area contributed by atoms with Crippen molar-refractivity contribution < 1.29 is 0 Å². The van der Waals surface area contributed by atoms with Crippen molar-refractivity contribution in [2.75, 3.05) is 0 Å². The summed E-state index contributed by atoms with van der Waals surface area (Å²) in [6, 6.07) is 7.16. The standard InChI is InChI=1S/C9H9N5OS/c10-8(11)13-14-7(16)5-3-1-2-4-6(5)12-9(14)15/h1-4H,(H,12,15)(H4,10,11,13). The summed E-state index contributed by atoms with van der Waals surface area (Å²) in [5.41, 5.74) is 10.6. The second-order valence-corrected chi connectivity index (χ2v) is 3.50. The average Bonchev–Trinajstić information content (AvgIpc) is 2.24. The maximum Gasteiger partial charge on any atom is 0.348 e. The van der Waals surface area contributed by atoms with Gasteiger partial charge in [0.25, 0.3) is 0 Å². The number of guanidine groups is 1. The van der Waals surface area contributed by atoms with Crippen LogP contribution in [0.15, 0.2) is 34.2 Å². The molecule has 0 aliphatic rings. The highest BCUT2D eigenvalue weighted by Gasteiger charge is 2.02. The number of nitrogens with one attached hydrogen (secondary N) is 1. The smallest absolute Gasteiger partial charge is 0.348 e. The van der Waals surface area contributed by atoms with Crippen LogP contribution < -0.4 is 17.2 Å². The maximum absolute atomic E-state index is 11.6. The lowest BCUT2D eigenvalue weighted by Crippen LogP contribution is -2.29. The number of hydrogen-bond donors (Lipinski definition) is 3. The van der Waals surface area contributed by atoms with Gasteiger partial charge >= 0.3 is 5.69 Å². The lowest BCUT2D eigenvalue weighted by Gasteiger charge is -2.02. The van der Waals surface area contributed by atoms with Crippen LogP contribution in [0.1, 0.15) is 0 Å². The number of aromatic amines is 1. The summed E-state index contributed by atoms with van der Waals surface area (Å²) in [5.74, 6) is -0.225. The Hall–Kier alpha value is -2.15. The number of nitrogens with zero attached hydrogens (tertiary/aromatic N) is 2. The molecule has 0 saturated carbocycles. The van der Waals surface area contributed by atoms with Gasteiger partial charge in [0, 0.05) is 5.39 Å². The largest absolute Gasteiger partial charge is 0.369 e. The van der Waals surface area contributed by atoms with Crippen LogP contribution in [0.2, 0.25) is 0 Å². The Balaban J connectivity index is 2.92. The first-order valence-electron chi connectivity index (χ1n) is 4.43. The van der Waals surface area contributed by atoms with Gasteiger partial charge in [0.05, 0.1) is 5.52 Å². The van der Waals surface area contributed by atoms with Crippen LogP contribution >= 0.6 is 12.2 Å². The fraction of sp³-hybridized carbons (Fsp3) is 0. The topological polar surface area (TPSA) is 102 Å². The molecule has 0 atom stereocenters. The first-order valence-corrected chi connectivity index (χ1v) is 4.84. The predicted molar refractivity (Wildman–Crippen MR) is 64.6 cm³/mol. The molecule has 1 heterocycles. The summed E-state index contributed by atoms with van der Waals surface area (Å²) in [6.45, 7) is 0. The molecule has 0 saturated heterocycles. The molecule has 0 bridgehead atoms. The molecule has 0 spiro atoms. The van der Waals surface area contributed by atoms with Gasteiger partial charge in [0.1, 0.15) is 4.64 Å². The highest BCUT2D eigenvalue weighted by molar-refractivity contribution is 7.71. The van der Waals surface area contributed by atoms with Crippen LogP contribution in [0.5, 0.6) is 0 Å². The van der Waals surface area contributed by atoms with Gasteiger partial charge in [-0.05, 0) is 12.1 Å². The summed E-state index contributed by atoms with van der Waals surface area (Å²) in [4.78, 5) is 14.2. The third-order valence-corrected chi connectivity index (χ3v) is 2.39. The Labute approximate surface area is 95.2 Å². The van der Waals surface area contributed by atoms with Crippen molar-refractivity contribution in [3.8, 4) is 0 Å². The first-order chi connectivity index (χ1) is 7.59. The maximum atomic E-state index is 11.6. The van der Waals surface area contributed by atoms with E-state index in [-0.39, 0.29) is 10.6 Å². The fourth-order valence-electron chi connectivity index (χ4n) is 1.36. The van der Waals surface area contributed by atoms with Gasteiger partial charge < -0.3 is 16.5 Å². The summed E-state index contributed by atoms with van der Waals surface area (Å²) in [5, 5.41) is 4.36. The van der Waals surface area contributed by atoms with E-state index >= 15 is 0 Å². The molecule has 6 nitrogen and oxygen atoms in total. The Morgan fingerprint density at radius 1 is 1.38 bits per heavy atom. The van der Waals surface area contributed by atoms with Crippen molar-refractivity contribution in [1.82, 2.24) is 9.66 Å². The van der Waals surface area contributed by atoms with Crippen LogP contribution in [-0.4, -0.2) is 15.6 Å². The van der Waals surface area contributed by atoms with Crippen LogP contribution in [0.3, 0.4) is 0 Å². The number of para-hydroxylation sites is 1. The summed E-state index contributed by atoms with van der Waals surface area (Å²) in [6.07, 6.45) is 0. The monoisotopic (exact) mass is 235 g/mol. The molecule has 16 heavy (non-hydrogen) atoms. The summed E-state index contributed by atoms with van der Waals surface area (Å²) >= 11 is 5.12. The lowest BCUT2D eigenvalue weighted by molar-refractivity contribution is 0.782. The second kappa shape index (κ2) is 3.78. The minimum Gasteiger partial charge on any atom is -0.369 e. The zero-order valence-electron chi connectivity index (χ0n) is 8.18. The van der Waals surface area contributed by atoms with Gasteiger partial charge in [-0.1, -0.05) is 24.4 Å². The Bertz CT molecular complexity index is 680. The minimum atomic E-state index is -0.475. The summed E-state index contributed by atoms with van der Waals surface area (Å²) in [7, 11) is 0. The van der Waals surface area contributed by atoms with Crippen LogP contribution in [-0.2, 0) is 0 Å². The van der Waals surface area contributed by atoms with Gasteiger partial charge in [0.15, 0.2) is 0 Å². The van der Waals surface area contributed by atoms with E-state index in [9.17, 15) is 4.79 Å². The molecule has 1 aromatic carbocycles. The van der Waals surface area contributed by atoms with Gasteiger partial charge in [-0.15, -0.1) is 5.10 Å². The number of aromatic nitrogens is 2. The average molecular weight is 235 g/mol. The number of nitrogens with two attached hydrogens (primary N) is 2. The molecule has 0 fully saturated rings. The molecule has 0 unspecified atom stereocenters. The molecule has 0 radical (unpaired) electrons. The van der Waals surface area contributed by atoms with Crippen molar-refractivity contribution in [3.63, 3.8) is 0 Å². The summed E-state index contributed by atoms with van der Waals surface area (Å²) < 4.78 is 1.24. The Morgan fingerprint density at radius 2 is 2.06 bits per heavy atom. The highest BCUT2D eigenvalue weighted by Crippen LogP contribution is 2.10. The molecule has 7 heteroatoms. The van der Waals surface area contributed by atoms with Gasteiger partial charge in [0.2, 0.25) is 5.96 Å². The van der Waals surface area contributed by atoms with Crippen molar-refractivity contribution in [1.29, 1.82) is 0 Å². The van der Waals surface area contributed by atoms with Crippen molar-refractivity contribution in [2.24, 2.45) is 16.6 Å². The zero-order valence-corrected chi connectivity index (χ0v) is 8.99. The van der Waals surface area contributed by atoms with E-state index in [0.29, 0.717) is 10.9 Å². The van der Waals surface area contributed by atoms with Gasteiger partial charge in [-0.25, -0.2) is 4.79 Å². The second-order valence-electron chi connectivity index (χ2n) is 3.12. The zero-order chi connectivity index (χ0) is 11.7. The van der Waals surface area contributed by atoms with E-state index in [2.05, 4.69) is 10.1 Å². The number of fused-ring (bicyclic) bond motifs is 1. The van der Waals surface area contributed by atoms with E-state index < -0.39 is 5.69 Å². The van der Waals surface area contributed by atoms with Crippen LogP contribution in [0, 0.1) is 4.64 Å². The molecule has 0 aliphatic carbocycles. The van der Waals surface area contributed by atoms with Crippen molar-refractivity contribution in [3.05, 3.63) is 39.4 Å². The third-order valence-electron chi connectivity index (χ3n) is 2.00. The van der Waals surface area contributed by atoms with Crippen LogP contribution in [0.25, 0.3) is 10.9 Å². The van der Waals surface area contributed by atoms with Gasteiger partial charge in [-0.3, -0.25) is 0 Å². The molecular formula is C9H9N5OS. The van der Waals surface area contributed by atoms with E-state index in [1.165, 1.54) is 0 Å². The number of hydrogen-bond acceptors (Lipinski definition) is 3. The SMILES string of the molecule is NC(N)=Nn1c(=O)[nH]c2ccccc2c1=S. The molecule has 0 amide bonds. The van der Waals surface area contributed by atoms with Gasteiger partial charge in [-0.2, -0.15) is 4.68 Å². The molecular weight excluding hydrogens is 226 g/mol. The fourth-order valence-corrected chi connectivity index (χ4v) is 1.66. The lowest BCUT2D eigenvalue weighted by atomic mass is 10.2. The number of benzene rings is 1. The van der Waals surface area contributed by atoms with E-state index in [4.69, 9.17) is 23.7 Å². The van der Waals surface area contributed by atoms with E-state index in [1.807, 2.05) is 6.07 Å².